The monoisotopic (exact) mass is 826 g/mol. The van der Waals surface area contributed by atoms with Crippen LogP contribution >= 0.6 is 45.3 Å². The quantitative estimate of drug-likeness (QED) is 0.124. The molecular formula is C44H22N6O4S4. The standard InChI is InChI=1S/C44H22N6O4S4/c1-43(2)24-14-27(49-31-29(19(16-45)17-46)20-10-6-8-12-22(20)33(31)51)55-37(24)39-35(53-43)41-42(57-39)36-40(58-41)38-25(44(3,4)54-36)15-28(56-38)50-32-30(26(18-47)48-5)21-11-7-9-13-23(21)34(32)52/h6-15H,1-4H3. The molecule has 0 fully saturated rings. The fraction of sp³-hybridized carbons (Fsp3) is 0.136. The topological polar surface area (TPSA) is 153 Å². The predicted octanol–water partition coefficient (Wildman–Crippen LogP) is 11.6. The van der Waals surface area contributed by atoms with Gasteiger partial charge in [-0.3, -0.25) is 9.59 Å². The van der Waals surface area contributed by atoms with Crippen LogP contribution in [0.25, 0.3) is 44.9 Å². The molecule has 2 aromatic carbocycles. The third kappa shape index (κ3) is 4.87. The first-order valence-corrected chi connectivity index (χ1v) is 20.9. The highest BCUT2D eigenvalue weighted by Crippen LogP contribution is 2.65. The second kappa shape index (κ2) is 12.4. The molecule has 276 valence electrons. The summed E-state index contributed by atoms with van der Waals surface area (Å²) in [6, 6.07) is 23.5. The summed E-state index contributed by atoms with van der Waals surface area (Å²) in [6.45, 7) is 15.6. The van der Waals surface area contributed by atoms with Crippen molar-refractivity contribution in [3.8, 4) is 49.2 Å². The number of ether oxygens (including phenoxy) is 2. The van der Waals surface area contributed by atoms with E-state index in [0.717, 1.165) is 51.5 Å². The maximum Gasteiger partial charge on any atom is 0.271 e. The van der Waals surface area contributed by atoms with Gasteiger partial charge in [0, 0.05) is 33.4 Å². The summed E-state index contributed by atoms with van der Waals surface area (Å²) in [5.74, 6) is 0.786. The van der Waals surface area contributed by atoms with Gasteiger partial charge in [-0.1, -0.05) is 48.5 Å². The Labute approximate surface area is 346 Å². The van der Waals surface area contributed by atoms with Gasteiger partial charge in [0.15, 0.2) is 11.5 Å². The first-order chi connectivity index (χ1) is 27.9. The second-order valence-corrected chi connectivity index (χ2v) is 18.8. The summed E-state index contributed by atoms with van der Waals surface area (Å²) in [4.78, 5) is 44.1. The van der Waals surface area contributed by atoms with E-state index in [1.807, 2.05) is 58.0 Å². The fourth-order valence-electron chi connectivity index (χ4n) is 7.83. The molecule has 10 nitrogen and oxygen atoms in total. The van der Waals surface area contributed by atoms with Gasteiger partial charge in [0.25, 0.3) is 5.70 Å². The van der Waals surface area contributed by atoms with Crippen molar-refractivity contribution in [3.63, 3.8) is 0 Å². The van der Waals surface area contributed by atoms with Crippen LogP contribution in [0.2, 0.25) is 0 Å². The van der Waals surface area contributed by atoms with E-state index in [1.54, 1.807) is 71.2 Å². The van der Waals surface area contributed by atoms with Gasteiger partial charge in [-0.15, -0.1) is 45.3 Å². The Morgan fingerprint density at radius 3 is 1.50 bits per heavy atom. The number of hydrogen-bond donors (Lipinski definition) is 0. The smallest absolute Gasteiger partial charge is 0.271 e. The molecule has 0 saturated carbocycles. The van der Waals surface area contributed by atoms with Crippen LogP contribution in [0.3, 0.4) is 0 Å². The van der Waals surface area contributed by atoms with E-state index >= 15 is 0 Å². The Hall–Kier alpha value is -6.78. The normalized spacial score (nSPS) is 18.4. The lowest BCUT2D eigenvalue weighted by atomic mass is 9.95. The zero-order chi connectivity index (χ0) is 40.4. The zero-order valence-electron chi connectivity index (χ0n) is 30.7. The van der Waals surface area contributed by atoms with Gasteiger partial charge in [-0.05, 0) is 51.0 Å². The van der Waals surface area contributed by atoms with Crippen molar-refractivity contribution in [2.24, 2.45) is 9.98 Å². The Morgan fingerprint density at radius 2 is 1.07 bits per heavy atom. The first-order valence-electron chi connectivity index (χ1n) is 17.7. The summed E-state index contributed by atoms with van der Waals surface area (Å²) in [5, 5.41) is 30.5. The van der Waals surface area contributed by atoms with Crippen molar-refractivity contribution in [3.05, 3.63) is 117 Å². The number of fused-ring (bicyclic) bond motifs is 11. The Kier molecular flexibility index (Phi) is 7.59. The van der Waals surface area contributed by atoms with Crippen molar-refractivity contribution in [2.45, 2.75) is 38.9 Å². The third-order valence-electron chi connectivity index (χ3n) is 10.5. The number of ketones is 2. The number of allylic oxidation sites excluding steroid dienone is 4. The number of Topliss-reactive ketones (excluding diaryl/α,β-unsaturated/α-hetero) is 2. The zero-order valence-corrected chi connectivity index (χ0v) is 34.0. The Bertz CT molecular complexity index is 3030. The molecule has 10 rings (SSSR count). The van der Waals surface area contributed by atoms with Crippen LogP contribution in [0, 0.1) is 40.6 Å². The van der Waals surface area contributed by atoms with Crippen LogP contribution in [0.4, 0.5) is 10.0 Å². The van der Waals surface area contributed by atoms with Gasteiger partial charge in [0.05, 0.1) is 41.5 Å². The number of carbonyl (C=O) groups excluding carboxylic acids is 2. The number of benzene rings is 2. The van der Waals surface area contributed by atoms with Gasteiger partial charge in [0.2, 0.25) is 11.6 Å². The number of hydrogen-bond acceptors (Lipinski definition) is 13. The number of carbonyl (C=O) groups is 2. The molecule has 0 spiro atoms. The molecule has 0 amide bonds. The number of nitriles is 3. The average molecular weight is 827 g/mol. The Morgan fingerprint density at radius 1 is 0.638 bits per heavy atom. The summed E-state index contributed by atoms with van der Waals surface area (Å²) < 4.78 is 15.5. The molecule has 2 aliphatic heterocycles. The lowest BCUT2D eigenvalue weighted by Gasteiger charge is -2.31. The van der Waals surface area contributed by atoms with Gasteiger partial charge in [-0.25, -0.2) is 20.1 Å². The molecule has 2 aliphatic carbocycles. The number of nitrogens with zero attached hydrogens (tertiary/aromatic N) is 6. The van der Waals surface area contributed by atoms with E-state index in [1.165, 1.54) is 22.7 Å². The van der Waals surface area contributed by atoms with E-state index in [4.69, 9.17) is 26.0 Å². The van der Waals surface area contributed by atoms with E-state index in [9.17, 15) is 25.4 Å². The summed E-state index contributed by atoms with van der Waals surface area (Å²) in [5.41, 5.74) is 2.39. The molecule has 4 aliphatic rings. The lowest BCUT2D eigenvalue weighted by molar-refractivity contribution is 0.106. The molecule has 58 heavy (non-hydrogen) atoms. The van der Waals surface area contributed by atoms with Crippen LogP contribution in [0.5, 0.6) is 11.5 Å². The molecular weight excluding hydrogens is 805 g/mol. The molecule has 4 aromatic heterocycles. The SMILES string of the molecule is [C-]#[N+]C(C#N)=C1C(=Nc2cc3c(s2)-c2sc4c5c(sc4c2OC3(C)C)-c2sc(N=C3C(=O)c4ccccc4C3=C(C#N)C#N)cc2C(C)(C)O5)C(=O)c2ccccc21. The van der Waals surface area contributed by atoms with Gasteiger partial charge >= 0.3 is 0 Å². The molecule has 0 unspecified atom stereocenters. The minimum atomic E-state index is -0.775. The maximum absolute atomic E-state index is 13.6. The van der Waals surface area contributed by atoms with Gasteiger partial charge in [-0.2, -0.15) is 10.5 Å². The minimum absolute atomic E-state index is 0.0657. The molecule has 0 atom stereocenters. The third-order valence-corrected chi connectivity index (χ3v) is 15.3. The fourth-order valence-corrected chi connectivity index (χ4v) is 13.1. The van der Waals surface area contributed by atoms with Crippen LogP contribution in [0.15, 0.2) is 81.9 Å². The molecule has 0 radical (unpaired) electrons. The van der Waals surface area contributed by atoms with Gasteiger partial charge in [0.1, 0.15) is 50.3 Å². The lowest BCUT2D eigenvalue weighted by Crippen LogP contribution is -2.27. The van der Waals surface area contributed by atoms with Crippen molar-refractivity contribution in [2.75, 3.05) is 0 Å². The molecule has 0 N–H and O–H groups in total. The molecule has 0 saturated heterocycles. The maximum atomic E-state index is 13.6. The van der Waals surface area contributed by atoms with Crippen LogP contribution < -0.4 is 9.47 Å². The van der Waals surface area contributed by atoms with Crippen molar-refractivity contribution < 1.29 is 19.1 Å². The van der Waals surface area contributed by atoms with Crippen LogP contribution in [-0.2, 0) is 11.2 Å². The summed E-state index contributed by atoms with van der Waals surface area (Å²) >= 11 is 5.98. The first kappa shape index (κ1) is 35.6. The molecule has 6 aromatic rings. The van der Waals surface area contributed by atoms with E-state index in [2.05, 4.69) is 4.85 Å². The molecule has 6 heterocycles. The molecule has 14 heteroatoms. The van der Waals surface area contributed by atoms with Crippen molar-refractivity contribution in [1.29, 1.82) is 15.8 Å². The summed E-state index contributed by atoms with van der Waals surface area (Å²) in [6.07, 6.45) is 0. The van der Waals surface area contributed by atoms with Crippen molar-refractivity contribution >= 4 is 98.9 Å². The highest BCUT2D eigenvalue weighted by Gasteiger charge is 2.43. The van der Waals surface area contributed by atoms with E-state index in [0.29, 0.717) is 32.3 Å². The minimum Gasteiger partial charge on any atom is -0.480 e. The van der Waals surface area contributed by atoms with Gasteiger partial charge < -0.3 is 9.47 Å². The largest absolute Gasteiger partial charge is 0.480 e. The Balaban J connectivity index is 1.09. The highest BCUT2D eigenvalue weighted by atomic mass is 32.1. The number of rotatable bonds is 2. The number of thiophene rings is 4. The molecule has 0 bridgehead atoms. The van der Waals surface area contributed by atoms with Crippen LogP contribution in [0.1, 0.15) is 70.7 Å². The predicted molar refractivity (Wildman–Crippen MR) is 227 cm³/mol. The second-order valence-electron chi connectivity index (χ2n) is 14.6. The number of aliphatic imine (C=N–C) groups is 2. The highest BCUT2D eigenvalue weighted by molar-refractivity contribution is 7.35. The average Bonchev–Trinajstić information content (AvgIpc) is 4.05. The van der Waals surface area contributed by atoms with E-state index < -0.39 is 11.2 Å². The van der Waals surface area contributed by atoms with E-state index in [-0.39, 0.29) is 45.4 Å². The van der Waals surface area contributed by atoms with Crippen molar-refractivity contribution in [1.82, 2.24) is 0 Å². The summed E-state index contributed by atoms with van der Waals surface area (Å²) in [7, 11) is 0. The van der Waals surface area contributed by atoms with Crippen LogP contribution in [-0.4, -0.2) is 23.0 Å².